The molecule has 1 heterocycles. The summed E-state index contributed by atoms with van der Waals surface area (Å²) in [4.78, 5) is 14.5. The van der Waals surface area contributed by atoms with Crippen LogP contribution in [0.1, 0.15) is 41.7 Å². The van der Waals surface area contributed by atoms with Crippen molar-refractivity contribution in [3.63, 3.8) is 0 Å². The van der Waals surface area contributed by atoms with Gasteiger partial charge in [-0.05, 0) is 25.0 Å². The molecule has 1 aromatic rings. The van der Waals surface area contributed by atoms with Crippen LogP contribution in [0.4, 0.5) is 0 Å². The van der Waals surface area contributed by atoms with Crippen molar-refractivity contribution in [2.45, 2.75) is 36.7 Å². The smallest absolute Gasteiger partial charge is 0.337 e. The maximum absolute atomic E-state index is 12.1. The highest BCUT2D eigenvalue weighted by Crippen LogP contribution is 2.26. The lowest BCUT2D eigenvalue weighted by molar-refractivity contribution is 0.0696. The van der Waals surface area contributed by atoms with E-state index in [1.54, 1.807) is 0 Å². The average molecular weight is 269 g/mol. The minimum Gasteiger partial charge on any atom is -0.478 e. The van der Waals surface area contributed by atoms with E-state index in [1.807, 2.05) is 0 Å². The Hall–Kier alpha value is -1.43. The summed E-state index contributed by atoms with van der Waals surface area (Å²) in [6.07, 6.45) is 4.59. The highest BCUT2D eigenvalue weighted by Gasteiger charge is 2.29. The molecule has 1 fully saturated rings. The number of aromatic carboxylic acids is 1. The van der Waals surface area contributed by atoms with Gasteiger partial charge in [0.1, 0.15) is 0 Å². The van der Waals surface area contributed by atoms with Crippen LogP contribution in [0.2, 0.25) is 0 Å². The van der Waals surface area contributed by atoms with E-state index in [4.69, 9.17) is 5.11 Å². The highest BCUT2D eigenvalue weighted by molar-refractivity contribution is 7.91. The molecule has 18 heavy (non-hydrogen) atoms. The molecular formula is C12H15NO4S. The van der Waals surface area contributed by atoms with Crippen LogP contribution in [0.25, 0.3) is 0 Å². The number of rotatable bonds is 4. The molecule has 0 bridgehead atoms. The molecule has 0 radical (unpaired) electrons. The fourth-order valence-electron chi connectivity index (χ4n) is 2.21. The van der Waals surface area contributed by atoms with Gasteiger partial charge in [-0.1, -0.05) is 12.8 Å². The molecule has 0 spiro atoms. The van der Waals surface area contributed by atoms with Crippen LogP contribution >= 0.6 is 0 Å². The summed E-state index contributed by atoms with van der Waals surface area (Å²) in [7, 11) is -3.16. The molecule has 0 unspecified atom stereocenters. The third-order valence-electron chi connectivity index (χ3n) is 3.23. The number of carboxylic acid groups (broad SMARTS) is 1. The Labute approximate surface area is 106 Å². The Balaban J connectivity index is 2.11. The zero-order chi connectivity index (χ0) is 13.2. The second kappa shape index (κ2) is 5.06. The van der Waals surface area contributed by atoms with E-state index in [9.17, 15) is 13.2 Å². The van der Waals surface area contributed by atoms with Gasteiger partial charge in [-0.2, -0.15) is 0 Å². The monoisotopic (exact) mass is 269 g/mol. The molecule has 1 N–H and O–H groups in total. The molecular weight excluding hydrogens is 254 g/mol. The molecule has 5 nitrogen and oxygen atoms in total. The first-order valence-corrected chi connectivity index (χ1v) is 7.60. The second-order valence-corrected chi connectivity index (χ2v) is 6.84. The quantitative estimate of drug-likeness (QED) is 0.898. The van der Waals surface area contributed by atoms with Gasteiger partial charge in [-0.15, -0.1) is 0 Å². The van der Waals surface area contributed by atoms with Crippen LogP contribution in [0.5, 0.6) is 0 Å². The lowest BCUT2D eigenvalue weighted by Crippen LogP contribution is -2.20. The molecule has 1 aromatic heterocycles. The number of pyridine rings is 1. The van der Waals surface area contributed by atoms with E-state index in [1.165, 1.54) is 18.3 Å². The number of carboxylic acids is 1. The van der Waals surface area contributed by atoms with Crippen LogP contribution in [0.15, 0.2) is 18.3 Å². The van der Waals surface area contributed by atoms with E-state index < -0.39 is 15.8 Å². The van der Waals surface area contributed by atoms with Crippen LogP contribution in [0, 0.1) is 0 Å². The van der Waals surface area contributed by atoms with Gasteiger partial charge in [0.15, 0.2) is 9.84 Å². The third-order valence-corrected chi connectivity index (χ3v) is 5.42. The maximum atomic E-state index is 12.1. The van der Waals surface area contributed by atoms with E-state index >= 15 is 0 Å². The first kappa shape index (κ1) is 13.0. The maximum Gasteiger partial charge on any atom is 0.337 e. The normalized spacial score (nSPS) is 16.9. The largest absolute Gasteiger partial charge is 0.478 e. The number of hydrogen-bond acceptors (Lipinski definition) is 4. The van der Waals surface area contributed by atoms with Gasteiger partial charge in [0, 0.05) is 6.20 Å². The summed E-state index contributed by atoms with van der Waals surface area (Å²) in [5.74, 6) is -1.16. The van der Waals surface area contributed by atoms with E-state index in [-0.39, 0.29) is 16.6 Å². The van der Waals surface area contributed by atoms with Crippen LogP contribution in [-0.4, -0.2) is 29.7 Å². The molecule has 0 atom stereocenters. The van der Waals surface area contributed by atoms with Crippen molar-refractivity contribution in [1.29, 1.82) is 0 Å². The van der Waals surface area contributed by atoms with Gasteiger partial charge in [0.25, 0.3) is 0 Å². The molecule has 1 aliphatic carbocycles. The summed E-state index contributed by atoms with van der Waals surface area (Å²) in [5, 5.41) is 8.47. The first-order chi connectivity index (χ1) is 8.49. The fraction of sp³-hybridized carbons (Fsp3) is 0.500. The number of aromatic nitrogens is 1. The Morgan fingerprint density at radius 1 is 1.33 bits per heavy atom. The van der Waals surface area contributed by atoms with Gasteiger partial charge >= 0.3 is 5.97 Å². The van der Waals surface area contributed by atoms with Gasteiger partial charge in [0.05, 0.1) is 22.3 Å². The van der Waals surface area contributed by atoms with Crippen molar-refractivity contribution in [3.05, 3.63) is 29.6 Å². The molecule has 1 saturated carbocycles. The minimum atomic E-state index is -3.16. The third kappa shape index (κ3) is 2.87. The van der Waals surface area contributed by atoms with Crippen LogP contribution in [0.3, 0.4) is 0 Å². The number of sulfone groups is 1. The van der Waals surface area contributed by atoms with Crippen LogP contribution in [-0.2, 0) is 15.6 Å². The lowest BCUT2D eigenvalue weighted by atomic mass is 10.2. The SMILES string of the molecule is O=C(O)c1ccc(CS(=O)(=O)C2CCCC2)nc1. The Bertz CT molecular complexity index is 530. The number of carbonyl (C=O) groups is 1. The van der Waals surface area contributed by atoms with Crippen molar-refractivity contribution in [2.24, 2.45) is 0 Å². The predicted molar refractivity (Wildman–Crippen MR) is 66.1 cm³/mol. The topological polar surface area (TPSA) is 84.3 Å². The standard InChI is InChI=1S/C12H15NO4S/c14-12(15)9-5-6-10(13-7-9)8-18(16,17)11-3-1-2-4-11/h5-7,11H,1-4,8H2,(H,14,15). The molecule has 6 heteroatoms. The average Bonchev–Trinajstić information content (AvgIpc) is 2.83. The molecule has 0 aromatic carbocycles. The van der Waals surface area contributed by atoms with Gasteiger partial charge in [-0.25, -0.2) is 13.2 Å². The van der Waals surface area contributed by atoms with Crippen molar-refractivity contribution in [1.82, 2.24) is 4.98 Å². The summed E-state index contributed by atoms with van der Waals surface area (Å²) >= 11 is 0. The van der Waals surface area contributed by atoms with Crippen molar-refractivity contribution in [2.75, 3.05) is 0 Å². The van der Waals surface area contributed by atoms with Crippen LogP contribution < -0.4 is 0 Å². The summed E-state index contributed by atoms with van der Waals surface area (Å²) in [6.45, 7) is 0. The molecule has 1 aliphatic rings. The highest BCUT2D eigenvalue weighted by atomic mass is 32.2. The number of hydrogen-bond donors (Lipinski definition) is 1. The van der Waals surface area contributed by atoms with Gasteiger partial charge in [0.2, 0.25) is 0 Å². The Morgan fingerprint density at radius 2 is 2.00 bits per heavy atom. The zero-order valence-electron chi connectivity index (χ0n) is 9.87. The summed E-state index contributed by atoms with van der Waals surface area (Å²) in [6, 6.07) is 2.85. The molecule has 0 amide bonds. The van der Waals surface area contributed by atoms with E-state index in [2.05, 4.69) is 4.98 Å². The summed E-state index contributed by atoms with van der Waals surface area (Å²) in [5.41, 5.74) is 0.476. The first-order valence-electron chi connectivity index (χ1n) is 5.89. The molecule has 98 valence electrons. The fourth-order valence-corrected chi connectivity index (χ4v) is 4.08. The lowest BCUT2D eigenvalue weighted by Gasteiger charge is -2.10. The Kier molecular flexibility index (Phi) is 3.65. The van der Waals surface area contributed by atoms with Crippen molar-refractivity contribution in [3.8, 4) is 0 Å². The van der Waals surface area contributed by atoms with Gasteiger partial charge in [-0.3, -0.25) is 4.98 Å². The van der Waals surface area contributed by atoms with E-state index in [0.717, 1.165) is 25.7 Å². The predicted octanol–water partition coefficient (Wildman–Crippen LogP) is 1.64. The number of nitrogens with zero attached hydrogens (tertiary/aromatic N) is 1. The van der Waals surface area contributed by atoms with Gasteiger partial charge < -0.3 is 5.11 Å². The second-order valence-electron chi connectivity index (χ2n) is 4.56. The van der Waals surface area contributed by atoms with Crippen molar-refractivity contribution >= 4 is 15.8 Å². The molecule has 0 aliphatic heterocycles. The molecule has 0 saturated heterocycles. The van der Waals surface area contributed by atoms with E-state index in [0.29, 0.717) is 5.69 Å². The zero-order valence-corrected chi connectivity index (χ0v) is 10.7. The molecule has 2 rings (SSSR count). The summed E-state index contributed by atoms with van der Waals surface area (Å²) < 4.78 is 24.1. The Morgan fingerprint density at radius 3 is 2.50 bits per heavy atom. The minimum absolute atomic E-state index is 0.0667. The van der Waals surface area contributed by atoms with Crippen molar-refractivity contribution < 1.29 is 18.3 Å².